The Balaban J connectivity index is 1.51. The van der Waals surface area contributed by atoms with Crippen molar-refractivity contribution in [3.63, 3.8) is 0 Å². The maximum Gasteiger partial charge on any atom is 0.292 e. The lowest BCUT2D eigenvalue weighted by atomic mass is 9.96. The minimum absolute atomic E-state index is 0.0451. The molecule has 3 heterocycles. The second-order valence-corrected chi connectivity index (χ2v) is 9.17. The zero-order valence-corrected chi connectivity index (χ0v) is 22.6. The Labute approximate surface area is 222 Å². The van der Waals surface area contributed by atoms with E-state index in [1.807, 2.05) is 38.1 Å². The summed E-state index contributed by atoms with van der Waals surface area (Å²) >= 11 is 0. The number of likely N-dealkylation sites (N-methyl/N-ethyl adjacent to an activating group) is 1. The number of carbonyl (C=O) groups is 1. The molecule has 38 heavy (non-hydrogen) atoms. The highest BCUT2D eigenvalue weighted by Crippen LogP contribution is 2.27. The summed E-state index contributed by atoms with van der Waals surface area (Å²) in [7, 11) is 1.44. The molecule has 0 spiro atoms. The highest BCUT2D eigenvalue weighted by molar-refractivity contribution is 5.83. The fourth-order valence-electron chi connectivity index (χ4n) is 4.59. The van der Waals surface area contributed by atoms with E-state index in [4.69, 9.17) is 4.84 Å². The van der Waals surface area contributed by atoms with Gasteiger partial charge in [0.25, 0.3) is 5.56 Å². The van der Waals surface area contributed by atoms with Gasteiger partial charge in [0.1, 0.15) is 7.11 Å². The van der Waals surface area contributed by atoms with E-state index >= 15 is 0 Å². The molecule has 0 saturated carbocycles. The number of pyridine rings is 1. The summed E-state index contributed by atoms with van der Waals surface area (Å²) < 4.78 is 1.19. The predicted octanol–water partition coefficient (Wildman–Crippen LogP) is 3.21. The fourth-order valence-corrected chi connectivity index (χ4v) is 4.59. The number of carbonyl (C=O) groups excluding carboxylic acids is 1. The number of amides is 1. The zero-order chi connectivity index (χ0) is 27.2. The van der Waals surface area contributed by atoms with E-state index in [0.29, 0.717) is 34.8 Å². The zero-order valence-electron chi connectivity index (χ0n) is 22.6. The van der Waals surface area contributed by atoms with E-state index in [2.05, 4.69) is 44.3 Å². The van der Waals surface area contributed by atoms with Gasteiger partial charge in [0.15, 0.2) is 5.65 Å². The Morgan fingerprint density at radius 1 is 1.16 bits per heavy atom. The first kappa shape index (κ1) is 26.9. The van der Waals surface area contributed by atoms with Gasteiger partial charge in [-0.3, -0.25) is 9.59 Å². The summed E-state index contributed by atoms with van der Waals surface area (Å²) in [6, 6.07) is 9.57. The largest absolute Gasteiger partial charge is 0.412 e. The van der Waals surface area contributed by atoms with Gasteiger partial charge in [-0.05, 0) is 55.8 Å². The molecule has 0 aliphatic carbocycles. The third-order valence-corrected chi connectivity index (χ3v) is 6.63. The number of rotatable bonds is 11. The molecule has 3 aromatic heterocycles. The van der Waals surface area contributed by atoms with Crippen LogP contribution in [0.5, 0.6) is 0 Å². The molecule has 0 fully saturated rings. The second-order valence-electron chi connectivity index (χ2n) is 9.17. The van der Waals surface area contributed by atoms with Gasteiger partial charge in [0.05, 0.1) is 17.7 Å². The molecule has 1 amide bonds. The van der Waals surface area contributed by atoms with E-state index < -0.39 is 0 Å². The SMILES string of the molecule is CCN(CC)CCNC(=O)Cc1cc(Nc2ncc3cc(-c4c(C)cccc4C)c(=O)n(OC)c3n2)c[nH]1. The third-order valence-electron chi connectivity index (χ3n) is 6.63. The van der Waals surface area contributed by atoms with Crippen LogP contribution >= 0.6 is 0 Å². The van der Waals surface area contributed by atoms with Crippen molar-refractivity contribution in [1.82, 2.24) is 29.9 Å². The van der Waals surface area contributed by atoms with E-state index in [1.165, 1.54) is 11.8 Å². The molecule has 3 N–H and O–H groups in total. The number of fused-ring (bicyclic) bond motifs is 1. The molecule has 4 aromatic rings. The van der Waals surface area contributed by atoms with Gasteiger partial charge in [0.2, 0.25) is 11.9 Å². The van der Waals surface area contributed by atoms with Crippen LogP contribution in [0.25, 0.3) is 22.2 Å². The van der Waals surface area contributed by atoms with Crippen LogP contribution in [0.1, 0.15) is 30.7 Å². The summed E-state index contributed by atoms with van der Waals surface area (Å²) in [5, 5.41) is 6.77. The first-order chi connectivity index (χ1) is 18.3. The third kappa shape index (κ3) is 5.86. The van der Waals surface area contributed by atoms with Gasteiger partial charge in [0, 0.05) is 36.6 Å². The lowest BCUT2D eigenvalue weighted by Gasteiger charge is -2.17. The quantitative estimate of drug-likeness (QED) is 0.280. The number of nitrogens with zero attached hydrogens (tertiary/aromatic N) is 4. The van der Waals surface area contributed by atoms with E-state index in [9.17, 15) is 9.59 Å². The van der Waals surface area contributed by atoms with Gasteiger partial charge >= 0.3 is 0 Å². The molecule has 1 aromatic carbocycles. The lowest BCUT2D eigenvalue weighted by Crippen LogP contribution is -2.35. The van der Waals surface area contributed by atoms with E-state index in [-0.39, 0.29) is 17.9 Å². The van der Waals surface area contributed by atoms with Crippen LogP contribution in [0.4, 0.5) is 11.6 Å². The highest BCUT2D eigenvalue weighted by atomic mass is 16.6. The van der Waals surface area contributed by atoms with Crippen molar-refractivity contribution in [2.45, 2.75) is 34.1 Å². The highest BCUT2D eigenvalue weighted by Gasteiger charge is 2.17. The Bertz CT molecular complexity index is 1470. The number of aryl methyl sites for hydroxylation is 2. The van der Waals surface area contributed by atoms with Crippen LogP contribution in [0.2, 0.25) is 0 Å². The van der Waals surface area contributed by atoms with Crippen molar-refractivity contribution in [3.8, 4) is 11.1 Å². The molecule has 4 rings (SSSR count). The minimum atomic E-state index is -0.294. The molecule has 0 saturated heterocycles. The average molecular weight is 518 g/mol. The van der Waals surface area contributed by atoms with Crippen LogP contribution in [-0.4, -0.2) is 63.8 Å². The van der Waals surface area contributed by atoms with Gasteiger partial charge in [-0.15, -0.1) is 4.73 Å². The lowest BCUT2D eigenvalue weighted by molar-refractivity contribution is -0.120. The van der Waals surface area contributed by atoms with Gasteiger partial charge in [-0.2, -0.15) is 4.98 Å². The monoisotopic (exact) mass is 517 g/mol. The normalized spacial score (nSPS) is 11.2. The van der Waals surface area contributed by atoms with E-state index in [1.54, 1.807) is 18.5 Å². The fraction of sp³-hybridized carbons (Fsp3) is 0.357. The summed E-state index contributed by atoms with van der Waals surface area (Å²) in [5.74, 6) is 0.257. The van der Waals surface area contributed by atoms with Gasteiger partial charge < -0.3 is 25.4 Å². The molecular formula is C28H35N7O3. The first-order valence-corrected chi connectivity index (χ1v) is 12.8. The Morgan fingerprint density at radius 3 is 2.58 bits per heavy atom. The maximum atomic E-state index is 13.4. The smallest absolute Gasteiger partial charge is 0.292 e. The topological polar surface area (TPSA) is 117 Å². The number of hydrogen-bond donors (Lipinski definition) is 3. The first-order valence-electron chi connectivity index (χ1n) is 12.8. The van der Waals surface area contributed by atoms with Crippen molar-refractivity contribution in [3.05, 3.63) is 69.9 Å². The molecule has 0 radical (unpaired) electrons. The second kappa shape index (κ2) is 11.9. The van der Waals surface area contributed by atoms with Crippen molar-refractivity contribution < 1.29 is 9.63 Å². The molecule has 0 aliphatic heterocycles. The summed E-state index contributed by atoms with van der Waals surface area (Å²) in [6.45, 7) is 11.5. The molecule has 0 atom stereocenters. The van der Waals surface area contributed by atoms with Crippen LogP contribution < -0.4 is 21.0 Å². The van der Waals surface area contributed by atoms with Crippen LogP contribution in [-0.2, 0) is 11.2 Å². The van der Waals surface area contributed by atoms with E-state index in [0.717, 1.165) is 42.0 Å². The maximum absolute atomic E-state index is 13.4. The molecule has 200 valence electrons. The van der Waals surface area contributed by atoms with Crippen molar-refractivity contribution in [2.75, 3.05) is 38.6 Å². The number of anilines is 2. The molecule has 0 aliphatic rings. The van der Waals surface area contributed by atoms with Crippen molar-refractivity contribution in [2.24, 2.45) is 0 Å². The minimum Gasteiger partial charge on any atom is -0.412 e. The molecule has 0 unspecified atom stereocenters. The molecule has 0 bridgehead atoms. The number of nitrogens with one attached hydrogen (secondary N) is 3. The summed E-state index contributed by atoms with van der Waals surface area (Å²) in [5.41, 5.74) is 4.95. The Kier molecular flexibility index (Phi) is 8.42. The summed E-state index contributed by atoms with van der Waals surface area (Å²) in [4.78, 5) is 45.5. The predicted molar refractivity (Wildman–Crippen MR) is 150 cm³/mol. The molecular weight excluding hydrogens is 482 g/mol. The Morgan fingerprint density at radius 2 is 1.89 bits per heavy atom. The number of aromatic nitrogens is 4. The number of benzene rings is 1. The average Bonchev–Trinajstić information content (AvgIpc) is 3.33. The molecule has 10 heteroatoms. The van der Waals surface area contributed by atoms with Crippen LogP contribution in [0.15, 0.2) is 47.5 Å². The Hall–Kier alpha value is -4.18. The van der Waals surface area contributed by atoms with Crippen LogP contribution in [0, 0.1) is 13.8 Å². The van der Waals surface area contributed by atoms with Crippen molar-refractivity contribution >= 4 is 28.6 Å². The number of aromatic amines is 1. The standard InChI is InChI=1S/C28H35N7O3/c1-6-34(7-2)12-11-29-24(36)15-21-14-22(17-30-21)32-28-31-16-20-13-23(25-18(3)9-8-10-19(25)4)27(37)35(38-5)26(20)33-28/h8-10,13-14,16-17,30H,6-7,11-12,15H2,1-5H3,(H,29,36)(H,31,32,33). The number of hydrogen-bond acceptors (Lipinski definition) is 7. The summed E-state index contributed by atoms with van der Waals surface area (Å²) in [6.07, 6.45) is 3.65. The molecule has 10 nitrogen and oxygen atoms in total. The van der Waals surface area contributed by atoms with Crippen LogP contribution in [0.3, 0.4) is 0 Å². The number of H-pyrrole nitrogens is 1. The van der Waals surface area contributed by atoms with Gasteiger partial charge in [-0.1, -0.05) is 32.0 Å². The van der Waals surface area contributed by atoms with Crippen molar-refractivity contribution in [1.29, 1.82) is 0 Å². The van der Waals surface area contributed by atoms with Gasteiger partial charge in [-0.25, -0.2) is 4.98 Å².